The number of phenols is 1. The van der Waals surface area contributed by atoms with Crippen LogP contribution in [0.4, 0.5) is 0 Å². The molecule has 4 heteroatoms. The molecule has 3 aliphatic rings. The predicted octanol–water partition coefficient (Wildman–Crippen LogP) is 4.89. The topological polar surface area (TPSA) is 35.9 Å². The zero-order valence-electron chi connectivity index (χ0n) is 20.5. The number of likely N-dealkylation sites (N-methyl/N-ethyl adjacent to an activating group) is 1. The van der Waals surface area contributed by atoms with Crippen molar-refractivity contribution in [3.05, 3.63) is 28.8 Å². The van der Waals surface area contributed by atoms with Crippen LogP contribution in [-0.4, -0.2) is 62.9 Å². The summed E-state index contributed by atoms with van der Waals surface area (Å²) in [6.45, 7) is 6.20. The Morgan fingerprint density at radius 2 is 1.84 bits per heavy atom. The Labute approximate surface area is 190 Å². The van der Waals surface area contributed by atoms with Crippen LogP contribution in [0, 0.1) is 23.2 Å². The highest BCUT2D eigenvalue weighted by Crippen LogP contribution is 2.63. The summed E-state index contributed by atoms with van der Waals surface area (Å²) in [4.78, 5) is 4.35. The standard InChI is InChI=1S/C27H44N2O2/c1-27-12-10-22-23(25(27)9-7-21(27)11-14-31-15-13-28(2)3)8-6-19-17-26(30)20(16-24(19)22)18-29(4)5/h16-17,21-23,25,30H,6-15,18H2,1-5H3/t21-,22+,23-,25+,27-/m1/s1. The van der Waals surface area contributed by atoms with E-state index in [0.29, 0.717) is 17.1 Å². The molecule has 0 bridgehead atoms. The van der Waals surface area contributed by atoms with Gasteiger partial charge in [-0.25, -0.2) is 0 Å². The zero-order valence-corrected chi connectivity index (χ0v) is 20.5. The molecule has 4 nitrogen and oxygen atoms in total. The molecule has 2 saturated carbocycles. The van der Waals surface area contributed by atoms with E-state index in [1.165, 1.54) is 44.1 Å². The van der Waals surface area contributed by atoms with Crippen LogP contribution >= 0.6 is 0 Å². The number of fused-ring (bicyclic) bond motifs is 5. The third kappa shape index (κ3) is 4.67. The van der Waals surface area contributed by atoms with Gasteiger partial charge in [0, 0.05) is 25.3 Å². The Hall–Kier alpha value is -1.10. The molecule has 31 heavy (non-hydrogen) atoms. The van der Waals surface area contributed by atoms with Crippen molar-refractivity contribution in [2.75, 3.05) is 47.9 Å². The molecule has 1 aromatic carbocycles. The first-order chi connectivity index (χ1) is 14.8. The molecule has 0 aliphatic heterocycles. The van der Waals surface area contributed by atoms with E-state index in [1.54, 1.807) is 5.56 Å². The molecule has 174 valence electrons. The highest BCUT2D eigenvalue weighted by atomic mass is 16.5. The molecule has 2 fully saturated rings. The van der Waals surface area contributed by atoms with Crippen molar-refractivity contribution in [1.82, 2.24) is 9.80 Å². The Morgan fingerprint density at radius 1 is 1.03 bits per heavy atom. The van der Waals surface area contributed by atoms with Gasteiger partial charge in [0.2, 0.25) is 0 Å². The summed E-state index contributed by atoms with van der Waals surface area (Å²) >= 11 is 0. The van der Waals surface area contributed by atoms with Crippen LogP contribution in [0.3, 0.4) is 0 Å². The minimum atomic E-state index is 0.488. The number of aryl methyl sites for hydroxylation is 1. The smallest absolute Gasteiger partial charge is 0.120 e. The molecule has 1 N–H and O–H groups in total. The first kappa shape index (κ1) is 23.1. The number of hydrogen-bond acceptors (Lipinski definition) is 4. The maximum absolute atomic E-state index is 10.5. The zero-order chi connectivity index (χ0) is 22.2. The van der Waals surface area contributed by atoms with Crippen LogP contribution in [0.5, 0.6) is 5.75 Å². The van der Waals surface area contributed by atoms with E-state index in [9.17, 15) is 5.11 Å². The molecular weight excluding hydrogens is 384 g/mol. The second-order valence-corrected chi connectivity index (χ2v) is 11.4. The lowest BCUT2D eigenvalue weighted by Gasteiger charge is -2.51. The van der Waals surface area contributed by atoms with Gasteiger partial charge in [0.1, 0.15) is 5.75 Å². The number of rotatable bonds is 8. The predicted molar refractivity (Wildman–Crippen MR) is 128 cm³/mol. The largest absolute Gasteiger partial charge is 0.508 e. The number of ether oxygens (including phenoxy) is 1. The maximum Gasteiger partial charge on any atom is 0.120 e. The van der Waals surface area contributed by atoms with E-state index in [2.05, 4.69) is 57.0 Å². The Kier molecular flexibility index (Phi) is 7.00. The van der Waals surface area contributed by atoms with Crippen molar-refractivity contribution in [2.45, 2.75) is 64.3 Å². The van der Waals surface area contributed by atoms with E-state index in [0.717, 1.165) is 56.0 Å². The quantitative estimate of drug-likeness (QED) is 0.598. The monoisotopic (exact) mass is 428 g/mol. The SMILES string of the molecule is CN(C)CCOCC[C@H]1CC[C@H]2[C@@H]3CCc4cc(O)c(CN(C)C)cc4[C@H]3CC[C@]12C. The van der Waals surface area contributed by atoms with Gasteiger partial charge in [-0.3, -0.25) is 0 Å². The first-order valence-electron chi connectivity index (χ1n) is 12.5. The summed E-state index contributed by atoms with van der Waals surface area (Å²) < 4.78 is 5.97. The lowest BCUT2D eigenvalue weighted by atomic mass is 9.54. The minimum Gasteiger partial charge on any atom is -0.508 e. The van der Waals surface area contributed by atoms with Crippen LogP contribution < -0.4 is 0 Å². The Bertz CT molecular complexity index is 762. The lowest BCUT2D eigenvalue weighted by Crippen LogP contribution is -2.42. The normalized spacial score (nSPS) is 32.2. The third-order valence-corrected chi connectivity index (χ3v) is 8.90. The summed E-state index contributed by atoms with van der Waals surface area (Å²) in [6, 6.07) is 4.44. The molecule has 0 aromatic heterocycles. The summed E-state index contributed by atoms with van der Waals surface area (Å²) in [5.41, 5.74) is 4.56. The van der Waals surface area contributed by atoms with E-state index >= 15 is 0 Å². The number of hydrogen-bond donors (Lipinski definition) is 1. The van der Waals surface area contributed by atoms with Gasteiger partial charge in [-0.05, 0) is 119 Å². The molecule has 0 saturated heterocycles. The van der Waals surface area contributed by atoms with Gasteiger partial charge < -0.3 is 19.6 Å². The van der Waals surface area contributed by atoms with Crippen LogP contribution in [0.1, 0.15) is 68.1 Å². The third-order valence-electron chi connectivity index (χ3n) is 8.90. The van der Waals surface area contributed by atoms with Crippen LogP contribution in [0.2, 0.25) is 0 Å². The minimum absolute atomic E-state index is 0.488. The van der Waals surface area contributed by atoms with Gasteiger partial charge in [0.25, 0.3) is 0 Å². The maximum atomic E-state index is 10.5. The number of aromatic hydroxyl groups is 1. The molecular formula is C27H44N2O2. The molecule has 5 atom stereocenters. The first-order valence-corrected chi connectivity index (χ1v) is 12.5. The summed E-state index contributed by atoms with van der Waals surface area (Å²) in [5, 5.41) is 10.5. The van der Waals surface area contributed by atoms with Crippen molar-refractivity contribution in [3.63, 3.8) is 0 Å². The average molecular weight is 429 g/mol. The van der Waals surface area contributed by atoms with Gasteiger partial charge in [0.15, 0.2) is 0 Å². The fourth-order valence-electron chi connectivity index (χ4n) is 7.28. The second kappa shape index (κ2) is 9.41. The Balaban J connectivity index is 1.45. The van der Waals surface area contributed by atoms with Gasteiger partial charge in [0.05, 0.1) is 6.61 Å². The summed E-state index contributed by atoms with van der Waals surface area (Å²) in [6.07, 6.45) is 9.12. The summed E-state index contributed by atoms with van der Waals surface area (Å²) in [5.74, 6) is 3.68. The van der Waals surface area contributed by atoms with Crippen molar-refractivity contribution in [2.24, 2.45) is 23.2 Å². The number of nitrogens with zero attached hydrogens (tertiary/aromatic N) is 2. The molecule has 0 unspecified atom stereocenters. The molecule has 0 amide bonds. The van der Waals surface area contributed by atoms with E-state index in [1.807, 2.05) is 0 Å². The number of phenolic OH excluding ortho intramolecular Hbond substituents is 1. The molecule has 0 radical (unpaired) electrons. The fraction of sp³-hybridized carbons (Fsp3) is 0.778. The highest BCUT2D eigenvalue weighted by molar-refractivity contribution is 5.45. The molecule has 1 aromatic rings. The van der Waals surface area contributed by atoms with Crippen molar-refractivity contribution >= 4 is 0 Å². The fourth-order valence-corrected chi connectivity index (χ4v) is 7.28. The van der Waals surface area contributed by atoms with Gasteiger partial charge >= 0.3 is 0 Å². The second-order valence-electron chi connectivity index (χ2n) is 11.4. The van der Waals surface area contributed by atoms with Crippen LogP contribution in [-0.2, 0) is 17.7 Å². The lowest BCUT2D eigenvalue weighted by molar-refractivity contribution is 0.0132. The van der Waals surface area contributed by atoms with E-state index < -0.39 is 0 Å². The van der Waals surface area contributed by atoms with Gasteiger partial charge in [-0.15, -0.1) is 0 Å². The van der Waals surface area contributed by atoms with E-state index in [4.69, 9.17) is 4.74 Å². The summed E-state index contributed by atoms with van der Waals surface area (Å²) in [7, 11) is 8.38. The van der Waals surface area contributed by atoms with Crippen LogP contribution in [0.25, 0.3) is 0 Å². The number of benzene rings is 1. The molecule has 3 aliphatic carbocycles. The average Bonchev–Trinajstić information content (AvgIpc) is 3.04. The van der Waals surface area contributed by atoms with Crippen LogP contribution in [0.15, 0.2) is 12.1 Å². The highest BCUT2D eigenvalue weighted by Gasteiger charge is 2.54. The van der Waals surface area contributed by atoms with Gasteiger partial charge in [-0.1, -0.05) is 13.0 Å². The van der Waals surface area contributed by atoms with Crippen molar-refractivity contribution in [1.29, 1.82) is 0 Å². The van der Waals surface area contributed by atoms with E-state index in [-0.39, 0.29) is 0 Å². The Morgan fingerprint density at radius 3 is 2.58 bits per heavy atom. The van der Waals surface area contributed by atoms with Gasteiger partial charge in [-0.2, -0.15) is 0 Å². The van der Waals surface area contributed by atoms with Crippen molar-refractivity contribution < 1.29 is 9.84 Å². The molecule has 4 rings (SSSR count). The molecule has 0 spiro atoms. The van der Waals surface area contributed by atoms with Crippen molar-refractivity contribution in [3.8, 4) is 5.75 Å². The molecule has 0 heterocycles.